The summed E-state index contributed by atoms with van der Waals surface area (Å²) in [5.41, 5.74) is 1.32. The number of likely N-dealkylation sites (tertiary alicyclic amines) is 1. The van der Waals surface area contributed by atoms with Crippen molar-refractivity contribution in [3.05, 3.63) is 54.1 Å². The van der Waals surface area contributed by atoms with Crippen molar-refractivity contribution >= 4 is 0 Å². The molecule has 0 bridgehead atoms. The van der Waals surface area contributed by atoms with Crippen molar-refractivity contribution in [2.24, 2.45) is 5.92 Å². The molecule has 1 aliphatic heterocycles. The van der Waals surface area contributed by atoms with Crippen LogP contribution in [0.15, 0.2) is 42.7 Å². The van der Waals surface area contributed by atoms with Gasteiger partial charge in [0.15, 0.2) is 0 Å². The number of piperidine rings is 1. The van der Waals surface area contributed by atoms with Gasteiger partial charge in [0, 0.05) is 25.5 Å². The molecule has 4 heteroatoms. The van der Waals surface area contributed by atoms with E-state index < -0.39 is 0 Å². The van der Waals surface area contributed by atoms with Gasteiger partial charge in [0.1, 0.15) is 5.82 Å². The highest BCUT2D eigenvalue weighted by Gasteiger charge is 2.24. The van der Waals surface area contributed by atoms with Crippen LogP contribution in [0, 0.1) is 12.8 Å². The molecule has 0 amide bonds. The molecule has 24 heavy (non-hydrogen) atoms. The van der Waals surface area contributed by atoms with Gasteiger partial charge in [0.05, 0.1) is 6.10 Å². The first-order chi connectivity index (χ1) is 11.7. The van der Waals surface area contributed by atoms with Crippen molar-refractivity contribution in [3.63, 3.8) is 0 Å². The summed E-state index contributed by atoms with van der Waals surface area (Å²) >= 11 is 0. The third kappa shape index (κ3) is 4.68. The van der Waals surface area contributed by atoms with Crippen LogP contribution in [0.5, 0.6) is 0 Å². The zero-order valence-corrected chi connectivity index (χ0v) is 14.6. The van der Waals surface area contributed by atoms with Gasteiger partial charge in [-0.25, -0.2) is 4.98 Å². The van der Waals surface area contributed by atoms with E-state index in [1.54, 1.807) is 0 Å². The third-order valence-corrected chi connectivity index (χ3v) is 5.33. The summed E-state index contributed by atoms with van der Waals surface area (Å²) in [7, 11) is 0. The largest absolute Gasteiger partial charge is 0.393 e. The molecule has 0 unspecified atom stereocenters. The van der Waals surface area contributed by atoms with Crippen LogP contribution in [0.25, 0.3) is 0 Å². The Bertz CT molecular complexity index is 602. The lowest BCUT2D eigenvalue weighted by Gasteiger charge is -2.34. The first-order valence-corrected chi connectivity index (χ1v) is 9.14. The number of aryl methyl sites for hydroxylation is 2. The summed E-state index contributed by atoms with van der Waals surface area (Å²) in [6.07, 6.45) is 7.83. The summed E-state index contributed by atoms with van der Waals surface area (Å²) in [4.78, 5) is 6.79. The molecule has 0 saturated carbocycles. The standard InChI is InChI=1S/C20H29N3O/c1-17-21-11-14-23(17)16-15-22-12-9-19(10-13-22)20(24)8-7-18-5-3-2-4-6-18/h2-6,11,14,19-20,24H,7-10,12-13,15-16H2,1H3/t20-/m1/s1. The minimum Gasteiger partial charge on any atom is -0.393 e. The number of nitrogens with zero attached hydrogens (tertiary/aromatic N) is 3. The zero-order valence-electron chi connectivity index (χ0n) is 14.6. The highest BCUT2D eigenvalue weighted by molar-refractivity contribution is 5.14. The van der Waals surface area contributed by atoms with Gasteiger partial charge in [0.2, 0.25) is 0 Å². The van der Waals surface area contributed by atoms with Crippen molar-refractivity contribution in [2.45, 2.75) is 45.3 Å². The highest BCUT2D eigenvalue weighted by Crippen LogP contribution is 2.23. The number of hydrogen-bond acceptors (Lipinski definition) is 3. The Labute approximate surface area is 145 Å². The average molecular weight is 327 g/mol. The van der Waals surface area contributed by atoms with Crippen LogP contribution in [0.2, 0.25) is 0 Å². The lowest BCUT2D eigenvalue weighted by molar-refractivity contribution is 0.0530. The predicted octanol–water partition coefficient (Wildman–Crippen LogP) is 2.90. The Kier molecular flexibility index (Phi) is 6.05. The fraction of sp³-hybridized carbons (Fsp3) is 0.550. The zero-order chi connectivity index (χ0) is 16.8. The molecule has 1 aliphatic rings. The number of aliphatic hydroxyl groups is 1. The molecular formula is C20H29N3O. The molecule has 0 aliphatic carbocycles. The summed E-state index contributed by atoms with van der Waals surface area (Å²) in [5.74, 6) is 1.54. The van der Waals surface area contributed by atoms with E-state index in [4.69, 9.17) is 0 Å². The first-order valence-electron chi connectivity index (χ1n) is 9.14. The molecule has 130 valence electrons. The number of benzene rings is 1. The van der Waals surface area contributed by atoms with Crippen LogP contribution in [-0.4, -0.2) is 45.3 Å². The number of imidazole rings is 1. The third-order valence-electron chi connectivity index (χ3n) is 5.33. The molecule has 1 aromatic carbocycles. The lowest BCUT2D eigenvalue weighted by atomic mass is 9.88. The van der Waals surface area contributed by atoms with E-state index >= 15 is 0 Å². The fourth-order valence-electron chi connectivity index (χ4n) is 3.65. The predicted molar refractivity (Wildman–Crippen MR) is 96.9 cm³/mol. The molecule has 1 aromatic heterocycles. The van der Waals surface area contributed by atoms with Gasteiger partial charge in [-0.05, 0) is 57.2 Å². The molecule has 0 spiro atoms. The molecule has 1 N–H and O–H groups in total. The van der Waals surface area contributed by atoms with Crippen LogP contribution < -0.4 is 0 Å². The Hall–Kier alpha value is -1.65. The first kappa shape index (κ1) is 17.2. The molecule has 2 heterocycles. The Morgan fingerprint density at radius 2 is 1.92 bits per heavy atom. The topological polar surface area (TPSA) is 41.3 Å². The van der Waals surface area contributed by atoms with E-state index in [9.17, 15) is 5.11 Å². The van der Waals surface area contributed by atoms with Crippen molar-refractivity contribution < 1.29 is 5.11 Å². The lowest BCUT2D eigenvalue weighted by Crippen LogP contribution is -2.39. The van der Waals surface area contributed by atoms with E-state index in [2.05, 4.69) is 51.8 Å². The van der Waals surface area contributed by atoms with Crippen molar-refractivity contribution in [1.82, 2.24) is 14.5 Å². The monoisotopic (exact) mass is 327 g/mol. The van der Waals surface area contributed by atoms with E-state index in [0.717, 1.165) is 57.7 Å². The van der Waals surface area contributed by atoms with Crippen molar-refractivity contribution in [1.29, 1.82) is 0 Å². The smallest absolute Gasteiger partial charge is 0.105 e. The van der Waals surface area contributed by atoms with Gasteiger partial charge in [-0.3, -0.25) is 0 Å². The molecule has 0 radical (unpaired) electrons. The second-order valence-corrected chi connectivity index (χ2v) is 6.94. The van der Waals surface area contributed by atoms with Gasteiger partial charge in [-0.1, -0.05) is 30.3 Å². The minimum atomic E-state index is -0.164. The number of aliphatic hydroxyl groups excluding tert-OH is 1. The van der Waals surface area contributed by atoms with Gasteiger partial charge in [-0.15, -0.1) is 0 Å². The van der Waals surface area contributed by atoms with E-state index in [-0.39, 0.29) is 6.10 Å². The maximum absolute atomic E-state index is 10.5. The summed E-state index contributed by atoms with van der Waals surface area (Å²) in [5, 5.41) is 10.5. The number of hydrogen-bond donors (Lipinski definition) is 1. The van der Waals surface area contributed by atoms with Crippen LogP contribution in [0.4, 0.5) is 0 Å². The maximum Gasteiger partial charge on any atom is 0.105 e. The van der Waals surface area contributed by atoms with Crippen LogP contribution in [0.3, 0.4) is 0 Å². The molecule has 1 saturated heterocycles. The Morgan fingerprint density at radius 1 is 1.17 bits per heavy atom. The quantitative estimate of drug-likeness (QED) is 0.850. The van der Waals surface area contributed by atoms with E-state index in [1.807, 2.05) is 12.3 Å². The molecule has 2 aromatic rings. The average Bonchev–Trinajstić information content (AvgIpc) is 3.04. The van der Waals surface area contributed by atoms with Crippen LogP contribution in [0.1, 0.15) is 30.7 Å². The van der Waals surface area contributed by atoms with Crippen LogP contribution >= 0.6 is 0 Å². The van der Waals surface area contributed by atoms with Crippen molar-refractivity contribution in [3.8, 4) is 0 Å². The minimum absolute atomic E-state index is 0.164. The van der Waals surface area contributed by atoms with E-state index in [0.29, 0.717) is 5.92 Å². The van der Waals surface area contributed by atoms with Crippen molar-refractivity contribution in [2.75, 3.05) is 19.6 Å². The Balaban J connectivity index is 1.37. The Morgan fingerprint density at radius 3 is 2.58 bits per heavy atom. The van der Waals surface area contributed by atoms with Gasteiger partial charge < -0.3 is 14.6 Å². The molecule has 1 atom stereocenters. The van der Waals surface area contributed by atoms with Crippen LogP contribution in [-0.2, 0) is 13.0 Å². The van der Waals surface area contributed by atoms with Gasteiger partial charge >= 0.3 is 0 Å². The highest BCUT2D eigenvalue weighted by atomic mass is 16.3. The second kappa shape index (κ2) is 8.45. The SMILES string of the molecule is Cc1nccn1CCN1CCC([C@H](O)CCc2ccccc2)CC1. The maximum atomic E-state index is 10.5. The normalized spacial score (nSPS) is 17.9. The molecular weight excluding hydrogens is 298 g/mol. The van der Waals surface area contributed by atoms with E-state index in [1.165, 1.54) is 5.56 Å². The molecule has 4 nitrogen and oxygen atoms in total. The molecule has 1 fully saturated rings. The van der Waals surface area contributed by atoms with Gasteiger partial charge in [0.25, 0.3) is 0 Å². The second-order valence-electron chi connectivity index (χ2n) is 6.94. The fourth-order valence-corrected chi connectivity index (χ4v) is 3.65. The molecule has 3 rings (SSSR count). The number of aromatic nitrogens is 2. The summed E-state index contributed by atoms with van der Waals surface area (Å²) in [6.45, 7) is 6.33. The number of rotatable bonds is 7. The van der Waals surface area contributed by atoms with Gasteiger partial charge in [-0.2, -0.15) is 0 Å². The summed E-state index contributed by atoms with van der Waals surface area (Å²) < 4.78 is 2.21. The summed E-state index contributed by atoms with van der Waals surface area (Å²) in [6, 6.07) is 10.5.